The first kappa shape index (κ1) is 22.0. The first-order valence-corrected chi connectivity index (χ1v) is 10.3. The monoisotopic (exact) mass is 410 g/mol. The van der Waals surface area contributed by atoms with Crippen molar-refractivity contribution < 1.29 is 24.5 Å². The molecule has 3 rings (SSSR count). The van der Waals surface area contributed by atoms with Gasteiger partial charge in [0.2, 0.25) is 5.78 Å². The third kappa shape index (κ3) is 3.63. The fourth-order valence-corrected chi connectivity index (χ4v) is 4.14. The maximum absolute atomic E-state index is 13.4. The number of hydrogen-bond acceptors (Lipinski definition) is 5. The van der Waals surface area contributed by atoms with Crippen molar-refractivity contribution in [1.29, 1.82) is 0 Å². The third-order valence-electron chi connectivity index (χ3n) is 5.89. The molecular weight excluding hydrogens is 380 g/mol. The van der Waals surface area contributed by atoms with Crippen molar-refractivity contribution in [2.75, 3.05) is 0 Å². The lowest BCUT2D eigenvalue weighted by Gasteiger charge is -2.25. The number of ketones is 2. The molecule has 1 aliphatic heterocycles. The first-order valence-electron chi connectivity index (χ1n) is 10.3. The summed E-state index contributed by atoms with van der Waals surface area (Å²) in [6.45, 7) is 9.97. The van der Waals surface area contributed by atoms with Crippen LogP contribution in [-0.2, 0) is 4.74 Å². The largest absolute Gasteiger partial charge is 0.508 e. The average Bonchev–Trinajstić information content (AvgIpc) is 3.33. The van der Waals surface area contributed by atoms with Crippen LogP contribution in [0.5, 0.6) is 11.5 Å². The lowest BCUT2D eigenvalue weighted by molar-refractivity contribution is 0.0837. The SMILES string of the molecule is CC(C)=CCC/C(C)=C/C[C@@]12O[C@]1(CC=C(C)C)C(=O)c1c(O)cc(O)cc1C2=O. The summed E-state index contributed by atoms with van der Waals surface area (Å²) in [5, 5.41) is 20.1. The quantitative estimate of drug-likeness (QED) is 0.463. The normalized spacial score (nSPS) is 24.8. The smallest absolute Gasteiger partial charge is 0.202 e. The maximum atomic E-state index is 13.4. The Morgan fingerprint density at radius 1 is 0.900 bits per heavy atom. The van der Waals surface area contributed by atoms with Gasteiger partial charge in [-0.1, -0.05) is 34.9 Å². The highest BCUT2D eigenvalue weighted by Crippen LogP contribution is 2.61. The van der Waals surface area contributed by atoms with Gasteiger partial charge >= 0.3 is 0 Å². The number of phenols is 2. The Kier molecular flexibility index (Phi) is 5.79. The summed E-state index contributed by atoms with van der Waals surface area (Å²) in [6.07, 6.45) is 8.36. The molecule has 2 aliphatic rings. The van der Waals surface area contributed by atoms with Crippen LogP contribution in [0.25, 0.3) is 0 Å². The number of allylic oxidation sites excluding steroid dienone is 4. The van der Waals surface area contributed by atoms with Gasteiger partial charge in [0.1, 0.15) is 11.5 Å². The minimum absolute atomic E-state index is 0.0263. The van der Waals surface area contributed by atoms with E-state index in [2.05, 4.69) is 19.9 Å². The minimum Gasteiger partial charge on any atom is -0.508 e. The molecule has 5 heteroatoms. The Morgan fingerprint density at radius 3 is 2.13 bits per heavy atom. The highest BCUT2D eigenvalue weighted by atomic mass is 16.6. The highest BCUT2D eigenvalue weighted by Gasteiger charge is 2.79. The zero-order valence-electron chi connectivity index (χ0n) is 18.3. The molecule has 0 aromatic heterocycles. The molecule has 1 heterocycles. The van der Waals surface area contributed by atoms with Crippen LogP contribution in [0.4, 0.5) is 0 Å². The topological polar surface area (TPSA) is 87.1 Å². The fourth-order valence-electron chi connectivity index (χ4n) is 4.14. The summed E-state index contributed by atoms with van der Waals surface area (Å²) < 4.78 is 6.01. The Labute approximate surface area is 177 Å². The van der Waals surface area contributed by atoms with Gasteiger partial charge in [-0.25, -0.2) is 0 Å². The molecule has 0 spiro atoms. The number of Topliss-reactive ketones (excluding diaryl/α,β-unsaturated/α-hetero) is 2. The van der Waals surface area contributed by atoms with E-state index in [4.69, 9.17) is 4.74 Å². The zero-order chi connectivity index (χ0) is 22.3. The molecule has 0 amide bonds. The molecule has 2 N–H and O–H groups in total. The lowest BCUT2D eigenvalue weighted by Crippen LogP contribution is -2.44. The summed E-state index contributed by atoms with van der Waals surface area (Å²) in [5.41, 5.74) is 0.773. The van der Waals surface area contributed by atoms with Crippen LogP contribution in [-0.4, -0.2) is 33.0 Å². The Balaban J connectivity index is 1.99. The zero-order valence-corrected chi connectivity index (χ0v) is 18.3. The van der Waals surface area contributed by atoms with E-state index in [-0.39, 0.29) is 35.5 Å². The third-order valence-corrected chi connectivity index (χ3v) is 5.89. The van der Waals surface area contributed by atoms with E-state index in [1.54, 1.807) is 0 Å². The van der Waals surface area contributed by atoms with Crippen LogP contribution in [0.2, 0.25) is 0 Å². The molecule has 0 bridgehead atoms. The van der Waals surface area contributed by atoms with E-state index in [0.717, 1.165) is 30.1 Å². The second-order valence-corrected chi connectivity index (χ2v) is 8.86. The number of rotatable bonds is 7. The molecule has 0 unspecified atom stereocenters. The van der Waals surface area contributed by atoms with Crippen molar-refractivity contribution in [2.45, 2.75) is 71.5 Å². The molecule has 1 aromatic carbocycles. The molecule has 1 saturated heterocycles. The molecule has 1 aromatic rings. The molecule has 30 heavy (non-hydrogen) atoms. The van der Waals surface area contributed by atoms with Gasteiger partial charge in [0, 0.05) is 24.5 Å². The van der Waals surface area contributed by atoms with Crippen molar-refractivity contribution in [1.82, 2.24) is 0 Å². The second kappa shape index (κ2) is 7.88. The summed E-state index contributed by atoms with van der Waals surface area (Å²) in [7, 11) is 0. The van der Waals surface area contributed by atoms with Gasteiger partial charge in [-0.2, -0.15) is 0 Å². The fraction of sp³-hybridized carbons (Fsp3) is 0.440. The number of aromatic hydroxyl groups is 2. The van der Waals surface area contributed by atoms with Crippen LogP contribution >= 0.6 is 0 Å². The molecule has 1 fully saturated rings. The maximum Gasteiger partial charge on any atom is 0.202 e. The molecule has 1 aliphatic carbocycles. The van der Waals surface area contributed by atoms with Crippen LogP contribution < -0.4 is 0 Å². The van der Waals surface area contributed by atoms with E-state index in [9.17, 15) is 19.8 Å². The van der Waals surface area contributed by atoms with Crippen molar-refractivity contribution in [3.05, 3.63) is 58.2 Å². The molecule has 160 valence electrons. The van der Waals surface area contributed by atoms with Gasteiger partial charge in [-0.05, 0) is 53.5 Å². The van der Waals surface area contributed by atoms with Crippen molar-refractivity contribution in [3.8, 4) is 11.5 Å². The van der Waals surface area contributed by atoms with Crippen molar-refractivity contribution >= 4 is 11.6 Å². The summed E-state index contributed by atoms with van der Waals surface area (Å²) in [5.74, 6) is -1.41. The lowest BCUT2D eigenvalue weighted by atomic mass is 9.70. The van der Waals surface area contributed by atoms with Gasteiger partial charge in [0.25, 0.3) is 0 Å². The number of hydrogen-bond donors (Lipinski definition) is 2. The average molecular weight is 411 g/mol. The Hall–Kier alpha value is -2.66. The van der Waals surface area contributed by atoms with Crippen LogP contribution in [0.3, 0.4) is 0 Å². The van der Waals surface area contributed by atoms with E-state index < -0.39 is 22.7 Å². The number of benzene rings is 1. The van der Waals surface area contributed by atoms with E-state index in [0.29, 0.717) is 0 Å². The van der Waals surface area contributed by atoms with Gasteiger partial charge < -0.3 is 14.9 Å². The molecule has 0 saturated carbocycles. The molecular formula is C25H30O5. The van der Waals surface area contributed by atoms with E-state index in [1.807, 2.05) is 32.9 Å². The molecule has 2 atom stereocenters. The number of epoxide rings is 1. The van der Waals surface area contributed by atoms with Gasteiger partial charge in [0.05, 0.1) is 5.56 Å². The number of fused-ring (bicyclic) bond motifs is 2. The van der Waals surface area contributed by atoms with E-state index >= 15 is 0 Å². The standard InChI is InChI=1S/C25H30O5/c1-15(2)7-6-8-17(5)10-12-24-22(28)19-13-18(26)14-20(27)21(19)23(29)25(24,30-24)11-9-16(3)4/h7,9-10,13-14,26-27H,6,8,11-12H2,1-5H3/b17-10+/t24-,25+/m0/s1. The number of ether oxygens (including phenoxy) is 1. The Morgan fingerprint density at radius 2 is 1.50 bits per heavy atom. The Bertz CT molecular complexity index is 989. The molecule has 5 nitrogen and oxygen atoms in total. The predicted molar refractivity (Wildman–Crippen MR) is 116 cm³/mol. The number of phenolic OH excluding ortho intramolecular Hbond substituents is 2. The highest BCUT2D eigenvalue weighted by molar-refractivity contribution is 6.26. The van der Waals surface area contributed by atoms with Crippen LogP contribution in [0.1, 0.15) is 81.0 Å². The van der Waals surface area contributed by atoms with Crippen LogP contribution in [0, 0.1) is 0 Å². The summed E-state index contributed by atoms with van der Waals surface area (Å²) >= 11 is 0. The van der Waals surface area contributed by atoms with E-state index in [1.165, 1.54) is 11.6 Å². The van der Waals surface area contributed by atoms with Gasteiger partial charge in [-0.15, -0.1) is 0 Å². The van der Waals surface area contributed by atoms with Crippen molar-refractivity contribution in [2.24, 2.45) is 0 Å². The minimum atomic E-state index is -1.31. The van der Waals surface area contributed by atoms with Gasteiger partial charge in [0.15, 0.2) is 17.0 Å². The number of carbonyl (C=O) groups excluding carboxylic acids is 2. The van der Waals surface area contributed by atoms with Crippen molar-refractivity contribution in [3.63, 3.8) is 0 Å². The summed E-state index contributed by atoms with van der Waals surface area (Å²) in [6, 6.07) is 2.33. The number of carbonyl (C=O) groups is 2. The summed E-state index contributed by atoms with van der Waals surface area (Å²) in [4.78, 5) is 26.8. The predicted octanol–water partition coefficient (Wildman–Crippen LogP) is 5.42. The van der Waals surface area contributed by atoms with Gasteiger partial charge in [-0.3, -0.25) is 9.59 Å². The van der Waals surface area contributed by atoms with Crippen LogP contribution in [0.15, 0.2) is 47.1 Å². The molecule has 0 radical (unpaired) electrons. The first-order chi connectivity index (χ1) is 14.0. The second-order valence-electron chi connectivity index (χ2n) is 8.86.